The highest BCUT2D eigenvalue weighted by Crippen LogP contribution is 2.11. The van der Waals surface area contributed by atoms with Gasteiger partial charge in [-0.25, -0.2) is 0 Å². The molecule has 0 radical (unpaired) electrons. The van der Waals surface area contributed by atoms with E-state index in [4.69, 9.17) is 0 Å². The lowest BCUT2D eigenvalue weighted by Crippen LogP contribution is -2.17. The van der Waals surface area contributed by atoms with E-state index >= 15 is 0 Å². The summed E-state index contributed by atoms with van der Waals surface area (Å²) in [5, 5.41) is 9.78. The van der Waals surface area contributed by atoms with Gasteiger partial charge in [0.2, 0.25) is 0 Å². The lowest BCUT2D eigenvalue weighted by atomic mass is 10.2. The minimum Gasteiger partial charge on any atom is -0.469 e. The molecule has 0 aliphatic heterocycles. The first-order chi connectivity index (χ1) is 9.02. The van der Waals surface area contributed by atoms with E-state index in [1.807, 2.05) is 31.2 Å². The van der Waals surface area contributed by atoms with E-state index in [-0.39, 0.29) is 18.1 Å². The van der Waals surface area contributed by atoms with E-state index < -0.39 is 16.9 Å². The van der Waals surface area contributed by atoms with Crippen LogP contribution in [0.1, 0.15) is 24.8 Å². The minimum atomic E-state index is -1.20. The van der Waals surface area contributed by atoms with Crippen molar-refractivity contribution in [1.82, 2.24) is 0 Å². The number of aryl methyl sites for hydroxylation is 1. The Morgan fingerprint density at radius 1 is 1.37 bits per heavy atom. The summed E-state index contributed by atoms with van der Waals surface area (Å²) >= 11 is 0. The van der Waals surface area contributed by atoms with E-state index in [0.717, 1.165) is 10.5 Å². The fourth-order valence-electron chi connectivity index (χ4n) is 1.63. The summed E-state index contributed by atoms with van der Waals surface area (Å²) in [7, 11) is 0.135. The van der Waals surface area contributed by atoms with E-state index in [1.54, 1.807) is 0 Å². The van der Waals surface area contributed by atoms with Gasteiger partial charge in [0.1, 0.15) is 0 Å². The number of carbonyl (C=O) groups is 1. The number of aliphatic hydroxyl groups excluding tert-OH is 1. The van der Waals surface area contributed by atoms with E-state index in [9.17, 15) is 14.1 Å². The Hall–Kier alpha value is -1.20. The molecule has 1 aromatic rings. The maximum atomic E-state index is 12.0. The third-order valence-corrected chi connectivity index (χ3v) is 4.26. The van der Waals surface area contributed by atoms with Crippen LogP contribution in [-0.2, 0) is 20.3 Å². The van der Waals surface area contributed by atoms with Gasteiger partial charge in [-0.3, -0.25) is 9.00 Å². The number of methoxy groups -OCH3 is 1. The SMILES string of the molecule is COC(=O)CCC[C@H](O)C[S@@](=O)c1ccc(C)cc1. The fourth-order valence-corrected chi connectivity index (χ4v) is 2.78. The second-order valence-electron chi connectivity index (χ2n) is 4.45. The van der Waals surface area contributed by atoms with Crippen molar-refractivity contribution >= 4 is 16.8 Å². The summed E-state index contributed by atoms with van der Waals surface area (Å²) in [6.45, 7) is 1.97. The quantitative estimate of drug-likeness (QED) is 0.776. The van der Waals surface area contributed by atoms with Crippen LogP contribution in [-0.4, -0.2) is 34.3 Å². The van der Waals surface area contributed by atoms with Crippen molar-refractivity contribution in [3.8, 4) is 0 Å². The number of carbonyl (C=O) groups excluding carboxylic acids is 1. The Morgan fingerprint density at radius 3 is 2.58 bits per heavy atom. The van der Waals surface area contributed by atoms with Gasteiger partial charge < -0.3 is 9.84 Å². The standard InChI is InChI=1S/C14H20O4S/c1-11-6-8-13(9-7-11)19(17)10-12(15)4-3-5-14(16)18-2/h6-9,12,15H,3-5,10H2,1-2H3/t12-,19+/m0/s1. The first kappa shape index (κ1) is 15.9. The first-order valence-electron chi connectivity index (χ1n) is 6.23. The molecule has 2 atom stereocenters. The van der Waals surface area contributed by atoms with Crippen molar-refractivity contribution in [2.45, 2.75) is 37.2 Å². The average Bonchev–Trinajstić information content (AvgIpc) is 2.39. The molecule has 0 spiro atoms. The predicted octanol–water partition coefficient (Wildman–Crippen LogP) is 1.81. The third-order valence-electron chi connectivity index (χ3n) is 2.77. The van der Waals surface area contributed by atoms with E-state index in [0.29, 0.717) is 12.8 Å². The van der Waals surface area contributed by atoms with Crippen LogP contribution < -0.4 is 0 Å². The molecule has 4 nitrogen and oxygen atoms in total. The summed E-state index contributed by atoms with van der Waals surface area (Å²) in [5.74, 6) is -0.0867. The molecule has 0 heterocycles. The lowest BCUT2D eigenvalue weighted by molar-refractivity contribution is -0.140. The number of benzene rings is 1. The Morgan fingerprint density at radius 2 is 2.00 bits per heavy atom. The minimum absolute atomic E-state index is 0.199. The van der Waals surface area contributed by atoms with Gasteiger partial charge in [-0.15, -0.1) is 0 Å². The van der Waals surface area contributed by atoms with Crippen molar-refractivity contribution < 1.29 is 18.8 Å². The van der Waals surface area contributed by atoms with Gasteiger partial charge >= 0.3 is 5.97 Å². The smallest absolute Gasteiger partial charge is 0.305 e. The summed E-state index contributed by atoms with van der Waals surface area (Å²) in [6.07, 6.45) is 0.614. The first-order valence-corrected chi connectivity index (χ1v) is 7.54. The zero-order valence-corrected chi connectivity index (χ0v) is 12.1. The second kappa shape index (κ2) is 8.07. The average molecular weight is 284 g/mol. The molecule has 0 saturated carbocycles. The van der Waals surface area contributed by atoms with Crippen molar-refractivity contribution in [3.05, 3.63) is 29.8 Å². The molecular formula is C14H20O4S. The number of ether oxygens (including phenoxy) is 1. The number of hydrogen-bond donors (Lipinski definition) is 1. The lowest BCUT2D eigenvalue weighted by Gasteiger charge is -2.10. The number of rotatable bonds is 7. The van der Waals surface area contributed by atoms with Crippen LogP contribution in [0.4, 0.5) is 0 Å². The summed E-state index contributed by atoms with van der Waals surface area (Å²) < 4.78 is 16.5. The van der Waals surface area contributed by atoms with Crippen molar-refractivity contribution in [3.63, 3.8) is 0 Å². The summed E-state index contributed by atoms with van der Waals surface area (Å²) in [4.78, 5) is 11.6. The molecule has 19 heavy (non-hydrogen) atoms. The fraction of sp³-hybridized carbons (Fsp3) is 0.500. The van der Waals surface area contributed by atoms with Gasteiger partial charge in [0, 0.05) is 11.3 Å². The van der Waals surface area contributed by atoms with E-state index in [2.05, 4.69) is 4.74 Å². The molecular weight excluding hydrogens is 264 g/mol. The molecule has 106 valence electrons. The molecule has 0 fully saturated rings. The van der Waals surface area contributed by atoms with Gasteiger partial charge in [0.25, 0.3) is 0 Å². The maximum Gasteiger partial charge on any atom is 0.305 e. The van der Waals surface area contributed by atoms with Crippen molar-refractivity contribution in [2.24, 2.45) is 0 Å². The predicted molar refractivity (Wildman–Crippen MR) is 74.3 cm³/mol. The zero-order chi connectivity index (χ0) is 14.3. The molecule has 0 amide bonds. The molecule has 1 aromatic carbocycles. The number of esters is 1. The molecule has 1 N–H and O–H groups in total. The van der Waals surface area contributed by atoms with E-state index in [1.165, 1.54) is 7.11 Å². The molecule has 0 aromatic heterocycles. The summed E-state index contributed by atoms with van der Waals surface area (Å²) in [5.41, 5.74) is 1.11. The Kier molecular flexibility index (Phi) is 6.73. The van der Waals surface area contributed by atoms with Crippen LogP contribution in [0, 0.1) is 6.92 Å². The Labute approximate surface area is 116 Å². The van der Waals surface area contributed by atoms with Crippen molar-refractivity contribution in [1.29, 1.82) is 0 Å². The molecule has 1 rings (SSSR count). The highest BCUT2D eigenvalue weighted by atomic mass is 32.2. The van der Waals surface area contributed by atoms with Crippen LogP contribution in [0.5, 0.6) is 0 Å². The molecule has 0 aliphatic rings. The topological polar surface area (TPSA) is 63.6 Å². The summed E-state index contributed by atoms with van der Waals surface area (Å²) in [6, 6.07) is 7.42. The van der Waals surface area contributed by atoms with Crippen LogP contribution >= 0.6 is 0 Å². The van der Waals surface area contributed by atoms with Crippen LogP contribution in [0.2, 0.25) is 0 Å². The van der Waals surface area contributed by atoms with Gasteiger partial charge in [-0.05, 0) is 31.9 Å². The molecule has 0 unspecified atom stereocenters. The Bertz CT molecular complexity index is 428. The van der Waals surface area contributed by atoms with Crippen molar-refractivity contribution in [2.75, 3.05) is 12.9 Å². The van der Waals surface area contributed by atoms with Gasteiger partial charge in [-0.1, -0.05) is 17.7 Å². The number of aliphatic hydroxyl groups is 1. The molecule has 5 heteroatoms. The van der Waals surface area contributed by atoms with Gasteiger partial charge in [0.15, 0.2) is 0 Å². The van der Waals surface area contributed by atoms with Gasteiger partial charge in [0.05, 0.1) is 29.8 Å². The Balaban J connectivity index is 2.35. The highest BCUT2D eigenvalue weighted by molar-refractivity contribution is 7.85. The number of hydrogen-bond acceptors (Lipinski definition) is 4. The van der Waals surface area contributed by atoms with Crippen LogP contribution in [0.15, 0.2) is 29.2 Å². The van der Waals surface area contributed by atoms with Crippen LogP contribution in [0.3, 0.4) is 0 Å². The zero-order valence-electron chi connectivity index (χ0n) is 11.3. The highest BCUT2D eigenvalue weighted by Gasteiger charge is 2.12. The monoisotopic (exact) mass is 284 g/mol. The molecule has 0 aliphatic carbocycles. The molecule has 0 bridgehead atoms. The van der Waals surface area contributed by atoms with Gasteiger partial charge in [-0.2, -0.15) is 0 Å². The largest absolute Gasteiger partial charge is 0.469 e. The second-order valence-corrected chi connectivity index (χ2v) is 5.94. The normalized spacial score (nSPS) is 13.8. The maximum absolute atomic E-state index is 12.0. The molecule has 0 saturated heterocycles. The van der Waals surface area contributed by atoms with Crippen LogP contribution in [0.25, 0.3) is 0 Å². The third kappa shape index (κ3) is 5.98.